The first-order valence-electron chi connectivity index (χ1n) is 21.1. The van der Waals surface area contributed by atoms with Gasteiger partial charge in [-0.1, -0.05) is 160 Å². The molecular weight excluding hydrogens is 741 g/mol. The molecule has 0 aliphatic heterocycles. The molecule has 4 heteroatoms. The number of nitrogens with zero attached hydrogens (tertiary/aromatic N) is 4. The molecule has 292 valence electrons. The summed E-state index contributed by atoms with van der Waals surface area (Å²) >= 11 is 0. The zero-order chi connectivity index (χ0) is 41.1. The largest absolute Gasteiger partial charge is 0.309 e. The Morgan fingerprint density at radius 1 is 0.459 bits per heavy atom. The molecule has 2 heterocycles. The monoisotopic (exact) mass is 784 g/mol. The van der Waals surface area contributed by atoms with Crippen molar-refractivity contribution in [1.82, 2.24) is 14.5 Å². The van der Waals surface area contributed by atoms with Crippen LogP contribution in [0.2, 0.25) is 0 Å². The minimum atomic E-state index is -0.480. The summed E-state index contributed by atoms with van der Waals surface area (Å²) < 4.78 is 2.42. The van der Waals surface area contributed by atoms with Crippen molar-refractivity contribution >= 4 is 38.9 Å². The van der Waals surface area contributed by atoms with E-state index in [4.69, 9.17) is 9.97 Å². The Balaban J connectivity index is 1.03. The molecule has 0 unspecified atom stereocenters. The first-order chi connectivity index (χ1) is 29.9. The Hall–Kier alpha value is -7.56. The van der Waals surface area contributed by atoms with E-state index in [0.29, 0.717) is 5.82 Å². The lowest BCUT2D eigenvalue weighted by molar-refractivity contribution is 0.590. The van der Waals surface area contributed by atoms with Crippen LogP contribution < -0.4 is 4.90 Å². The Kier molecular flexibility index (Phi) is 8.57. The first-order valence-corrected chi connectivity index (χ1v) is 21.1. The molecule has 0 saturated carbocycles. The number of hydrogen-bond donors (Lipinski definition) is 0. The molecule has 2 aromatic heterocycles. The minimum absolute atomic E-state index is 0.0681. The van der Waals surface area contributed by atoms with Gasteiger partial charge in [0.2, 0.25) is 0 Å². The number of para-hydroxylation sites is 2. The fraction of sp³-hybridized carbons (Fsp3) is 0.0877. The van der Waals surface area contributed by atoms with Gasteiger partial charge in [-0.3, -0.25) is 0 Å². The smallest absolute Gasteiger partial charge is 0.159 e. The average molecular weight is 785 g/mol. The van der Waals surface area contributed by atoms with E-state index in [2.05, 4.69) is 224 Å². The van der Waals surface area contributed by atoms with Crippen molar-refractivity contribution in [3.63, 3.8) is 0 Å². The van der Waals surface area contributed by atoms with Crippen LogP contribution in [-0.4, -0.2) is 14.5 Å². The van der Waals surface area contributed by atoms with Gasteiger partial charge in [-0.25, -0.2) is 9.97 Å². The van der Waals surface area contributed by atoms with Gasteiger partial charge in [-0.05, 0) is 105 Å². The van der Waals surface area contributed by atoms with Gasteiger partial charge >= 0.3 is 0 Å². The van der Waals surface area contributed by atoms with Crippen LogP contribution in [0.25, 0.3) is 50.0 Å². The van der Waals surface area contributed by atoms with Crippen molar-refractivity contribution in [3.05, 3.63) is 240 Å². The highest BCUT2D eigenvalue weighted by atomic mass is 15.2. The van der Waals surface area contributed by atoms with Crippen LogP contribution in [0.3, 0.4) is 0 Å². The van der Waals surface area contributed by atoms with E-state index in [1.54, 1.807) is 0 Å². The van der Waals surface area contributed by atoms with Crippen LogP contribution >= 0.6 is 0 Å². The Bertz CT molecular complexity index is 3160. The lowest BCUT2D eigenvalue weighted by atomic mass is 9.67. The predicted octanol–water partition coefficient (Wildman–Crippen LogP) is 14.4. The summed E-state index contributed by atoms with van der Waals surface area (Å²) in [5.41, 5.74) is 15.9. The van der Waals surface area contributed by atoms with E-state index < -0.39 is 5.41 Å². The molecule has 0 spiro atoms. The number of benzene rings is 8. The highest BCUT2D eigenvalue weighted by Crippen LogP contribution is 2.56. The minimum Gasteiger partial charge on any atom is -0.309 e. The number of anilines is 3. The standard InChI is InChI=1S/C57H44N4/c1-56(2,3)40-28-30-44(31-29-40)60(43-21-11-6-12-22-43)46-37-58-55(59-38-46)39-27-34-54-50(35-39)49-24-14-16-26-53(49)61(54)45-32-33-48-47-23-13-15-25-51(47)57(52(48)36-45,41-17-7-4-8-18-41)42-19-9-5-10-20-42/h4-38H,1-3H3. The molecule has 10 aromatic rings. The summed E-state index contributed by atoms with van der Waals surface area (Å²) in [5, 5.41) is 2.35. The molecule has 0 amide bonds. The van der Waals surface area contributed by atoms with Gasteiger partial charge in [-0.2, -0.15) is 0 Å². The quantitative estimate of drug-likeness (QED) is 0.161. The van der Waals surface area contributed by atoms with Crippen LogP contribution in [-0.2, 0) is 10.8 Å². The van der Waals surface area contributed by atoms with E-state index in [1.807, 2.05) is 18.5 Å². The maximum Gasteiger partial charge on any atom is 0.159 e. The predicted molar refractivity (Wildman–Crippen MR) is 252 cm³/mol. The maximum atomic E-state index is 5.00. The number of fused-ring (bicyclic) bond motifs is 6. The summed E-state index contributed by atoms with van der Waals surface area (Å²) in [7, 11) is 0. The third kappa shape index (κ3) is 5.90. The first kappa shape index (κ1) is 36.5. The number of rotatable bonds is 7. The van der Waals surface area contributed by atoms with Crippen molar-refractivity contribution in [1.29, 1.82) is 0 Å². The van der Waals surface area contributed by atoms with E-state index in [-0.39, 0.29) is 5.41 Å². The Morgan fingerprint density at radius 2 is 1.03 bits per heavy atom. The van der Waals surface area contributed by atoms with E-state index in [1.165, 1.54) is 44.3 Å². The molecule has 61 heavy (non-hydrogen) atoms. The Labute approximate surface area is 357 Å². The van der Waals surface area contributed by atoms with Gasteiger partial charge in [-0.15, -0.1) is 0 Å². The highest BCUT2D eigenvalue weighted by molar-refractivity contribution is 6.10. The number of hydrogen-bond acceptors (Lipinski definition) is 3. The van der Waals surface area contributed by atoms with Gasteiger partial charge in [0, 0.05) is 33.4 Å². The van der Waals surface area contributed by atoms with E-state index in [9.17, 15) is 0 Å². The fourth-order valence-corrected chi connectivity index (χ4v) is 9.68. The van der Waals surface area contributed by atoms with Crippen molar-refractivity contribution < 1.29 is 0 Å². The van der Waals surface area contributed by atoms with Crippen LogP contribution in [0.1, 0.15) is 48.6 Å². The van der Waals surface area contributed by atoms with Crippen molar-refractivity contribution in [3.8, 4) is 28.2 Å². The van der Waals surface area contributed by atoms with Crippen molar-refractivity contribution in [2.24, 2.45) is 0 Å². The molecule has 0 bridgehead atoms. The van der Waals surface area contributed by atoms with Crippen molar-refractivity contribution in [2.45, 2.75) is 31.6 Å². The summed E-state index contributed by atoms with van der Waals surface area (Å²) in [4.78, 5) is 12.2. The second-order valence-corrected chi connectivity index (χ2v) is 17.1. The van der Waals surface area contributed by atoms with Gasteiger partial charge < -0.3 is 9.47 Å². The average Bonchev–Trinajstić information content (AvgIpc) is 3.80. The van der Waals surface area contributed by atoms with Gasteiger partial charge in [0.25, 0.3) is 0 Å². The van der Waals surface area contributed by atoms with Crippen LogP contribution in [0.4, 0.5) is 17.1 Å². The van der Waals surface area contributed by atoms with Gasteiger partial charge in [0.15, 0.2) is 5.82 Å². The third-order valence-corrected chi connectivity index (χ3v) is 12.5. The fourth-order valence-electron chi connectivity index (χ4n) is 9.68. The molecule has 0 atom stereocenters. The molecule has 11 rings (SSSR count). The molecule has 1 aliphatic carbocycles. The SMILES string of the molecule is CC(C)(C)c1ccc(N(c2ccccc2)c2cnc(-c3ccc4c(c3)c3ccccc3n4-c3ccc4c(c3)C(c3ccccc3)(c3ccccc3)c3ccccc3-4)nc2)cc1. The second kappa shape index (κ2) is 14.3. The summed E-state index contributed by atoms with van der Waals surface area (Å²) in [5.74, 6) is 0.685. The summed E-state index contributed by atoms with van der Waals surface area (Å²) in [6, 6.07) is 72.6. The molecular formula is C57H44N4. The number of aromatic nitrogens is 3. The lowest BCUT2D eigenvalue weighted by Crippen LogP contribution is -2.28. The molecule has 0 saturated heterocycles. The van der Waals surface area contributed by atoms with Gasteiger partial charge in [0.1, 0.15) is 0 Å². The molecule has 0 fully saturated rings. The molecule has 8 aromatic carbocycles. The topological polar surface area (TPSA) is 34.0 Å². The highest BCUT2D eigenvalue weighted by Gasteiger charge is 2.46. The third-order valence-electron chi connectivity index (χ3n) is 12.5. The molecule has 4 nitrogen and oxygen atoms in total. The van der Waals surface area contributed by atoms with Gasteiger partial charge in [0.05, 0.1) is 34.5 Å². The van der Waals surface area contributed by atoms with E-state index >= 15 is 0 Å². The zero-order valence-corrected chi connectivity index (χ0v) is 34.5. The maximum absolute atomic E-state index is 5.00. The second-order valence-electron chi connectivity index (χ2n) is 17.1. The van der Waals surface area contributed by atoms with Crippen LogP contribution in [0, 0.1) is 0 Å². The lowest BCUT2D eigenvalue weighted by Gasteiger charge is -2.34. The molecule has 0 N–H and O–H groups in total. The molecule has 1 aliphatic rings. The zero-order valence-electron chi connectivity index (χ0n) is 34.5. The summed E-state index contributed by atoms with van der Waals surface area (Å²) in [6.07, 6.45) is 3.88. The normalized spacial score (nSPS) is 13.0. The van der Waals surface area contributed by atoms with Crippen LogP contribution in [0.15, 0.2) is 213 Å². The summed E-state index contributed by atoms with van der Waals surface area (Å²) in [6.45, 7) is 6.73. The van der Waals surface area contributed by atoms with Crippen molar-refractivity contribution in [2.75, 3.05) is 4.90 Å². The molecule has 0 radical (unpaired) electrons. The Morgan fingerprint density at radius 3 is 1.72 bits per heavy atom. The van der Waals surface area contributed by atoms with Crippen LogP contribution in [0.5, 0.6) is 0 Å². The van der Waals surface area contributed by atoms with E-state index in [0.717, 1.165) is 44.7 Å².